The molecule has 0 aliphatic rings. The zero-order valence-electron chi connectivity index (χ0n) is 16.5. The molecule has 4 aromatic rings. The monoisotopic (exact) mass is 518 g/mol. The minimum absolute atomic E-state index is 0.432. The van der Waals surface area contributed by atoms with Crippen molar-refractivity contribution < 1.29 is 0 Å². The van der Waals surface area contributed by atoms with E-state index in [9.17, 15) is 0 Å². The maximum atomic E-state index is 2.29. The van der Waals surface area contributed by atoms with E-state index in [2.05, 4.69) is 133 Å². The molecule has 0 heterocycles. The van der Waals surface area contributed by atoms with Crippen molar-refractivity contribution in [1.82, 2.24) is 0 Å². The SMILES string of the molecule is C(=Cc1ccccc1[Se][Se]c1ccccc1C=Cc1ccccc1)c1ccccc1. The molecule has 0 aliphatic carbocycles. The van der Waals surface area contributed by atoms with E-state index in [0.29, 0.717) is 26.3 Å². The van der Waals surface area contributed by atoms with Crippen molar-refractivity contribution >= 4 is 59.5 Å². The normalized spacial score (nSPS) is 11.3. The van der Waals surface area contributed by atoms with E-state index in [1.807, 2.05) is 0 Å². The Bertz CT molecular complexity index is 1040. The van der Waals surface area contributed by atoms with Crippen LogP contribution in [0.15, 0.2) is 109 Å². The van der Waals surface area contributed by atoms with Crippen LogP contribution in [0.5, 0.6) is 0 Å². The van der Waals surface area contributed by atoms with Crippen molar-refractivity contribution in [1.29, 1.82) is 0 Å². The van der Waals surface area contributed by atoms with Crippen LogP contribution in [-0.4, -0.2) is 26.3 Å². The second-order valence-corrected chi connectivity index (χ2v) is 12.9. The summed E-state index contributed by atoms with van der Waals surface area (Å²) in [6, 6.07) is 38.6. The van der Waals surface area contributed by atoms with E-state index < -0.39 is 0 Å². The first-order valence-electron chi connectivity index (χ1n) is 9.87. The van der Waals surface area contributed by atoms with Crippen molar-refractivity contribution in [3.05, 3.63) is 131 Å². The molecule has 4 rings (SSSR count). The van der Waals surface area contributed by atoms with Gasteiger partial charge in [0.15, 0.2) is 0 Å². The molecule has 0 saturated carbocycles. The Hall–Kier alpha value is -2.60. The third-order valence-corrected chi connectivity index (χ3v) is 11.9. The third-order valence-electron chi connectivity index (χ3n) is 4.57. The van der Waals surface area contributed by atoms with Gasteiger partial charge in [0.05, 0.1) is 0 Å². The third kappa shape index (κ3) is 5.95. The molecule has 0 aromatic heterocycles. The molecule has 0 fully saturated rings. The van der Waals surface area contributed by atoms with Gasteiger partial charge in [0.1, 0.15) is 0 Å². The van der Waals surface area contributed by atoms with Gasteiger partial charge in [-0.1, -0.05) is 0 Å². The fourth-order valence-electron chi connectivity index (χ4n) is 2.98. The van der Waals surface area contributed by atoms with Crippen molar-refractivity contribution in [2.75, 3.05) is 0 Å². The molecule has 146 valence electrons. The molecule has 0 aliphatic heterocycles. The van der Waals surface area contributed by atoms with Gasteiger partial charge in [0.2, 0.25) is 0 Å². The summed E-state index contributed by atoms with van der Waals surface area (Å²) in [6.45, 7) is 0. The van der Waals surface area contributed by atoms with Crippen LogP contribution in [0.25, 0.3) is 24.3 Å². The molecule has 0 unspecified atom stereocenters. The molecule has 0 radical (unpaired) electrons. The Morgan fingerprint density at radius 1 is 0.367 bits per heavy atom. The summed E-state index contributed by atoms with van der Waals surface area (Å²) in [6.07, 6.45) is 8.92. The Kier molecular flexibility index (Phi) is 7.56. The molecule has 0 bridgehead atoms. The summed E-state index contributed by atoms with van der Waals surface area (Å²) in [7, 11) is 0. The summed E-state index contributed by atoms with van der Waals surface area (Å²) in [5.74, 6) is 0. The van der Waals surface area contributed by atoms with Gasteiger partial charge in [-0.15, -0.1) is 0 Å². The van der Waals surface area contributed by atoms with Crippen LogP contribution in [0.2, 0.25) is 0 Å². The van der Waals surface area contributed by atoms with E-state index in [1.54, 1.807) is 0 Å². The fourth-order valence-corrected chi connectivity index (χ4v) is 10.2. The fraction of sp³-hybridized carbons (Fsp3) is 0. The summed E-state index contributed by atoms with van der Waals surface area (Å²) in [5.41, 5.74) is 5.14. The predicted molar refractivity (Wildman–Crippen MR) is 134 cm³/mol. The van der Waals surface area contributed by atoms with Gasteiger partial charge in [-0.3, -0.25) is 0 Å². The van der Waals surface area contributed by atoms with Crippen LogP contribution in [0.3, 0.4) is 0 Å². The summed E-state index contributed by atoms with van der Waals surface area (Å²) < 4.78 is 2.94. The first kappa shape index (κ1) is 20.7. The van der Waals surface area contributed by atoms with E-state index in [1.165, 1.54) is 31.2 Å². The standard InChI is InChI=1S/C28H22Se2/c1-3-11-23(12-4-1)19-21-25-15-7-9-17-27(25)29-30-28-18-10-8-16-26(28)22-20-24-13-5-2-6-14-24/h1-22H. The van der Waals surface area contributed by atoms with Gasteiger partial charge >= 0.3 is 191 Å². The average molecular weight is 516 g/mol. The predicted octanol–water partition coefficient (Wildman–Crippen LogP) is 5.30. The first-order valence-corrected chi connectivity index (χ1v) is 15.9. The van der Waals surface area contributed by atoms with Crippen molar-refractivity contribution in [3.63, 3.8) is 0 Å². The molecule has 0 saturated heterocycles. The Morgan fingerprint density at radius 2 is 0.733 bits per heavy atom. The summed E-state index contributed by atoms with van der Waals surface area (Å²) >= 11 is 0.864. The van der Waals surface area contributed by atoms with Crippen LogP contribution in [-0.2, 0) is 0 Å². The Morgan fingerprint density at radius 3 is 1.17 bits per heavy atom. The molecular weight excluding hydrogens is 494 g/mol. The van der Waals surface area contributed by atoms with Crippen molar-refractivity contribution in [2.24, 2.45) is 0 Å². The molecule has 0 N–H and O–H groups in total. The molecule has 0 nitrogen and oxygen atoms in total. The molecule has 0 atom stereocenters. The first-order chi connectivity index (χ1) is 14.9. The van der Waals surface area contributed by atoms with Gasteiger partial charge in [-0.05, 0) is 0 Å². The van der Waals surface area contributed by atoms with Gasteiger partial charge in [-0.25, -0.2) is 0 Å². The van der Waals surface area contributed by atoms with Crippen molar-refractivity contribution in [3.8, 4) is 0 Å². The molecule has 4 aromatic carbocycles. The number of benzene rings is 4. The summed E-state index contributed by atoms with van der Waals surface area (Å²) in [5, 5.41) is 0. The maximum absolute atomic E-state index is 2.29. The number of rotatable bonds is 7. The van der Waals surface area contributed by atoms with E-state index in [4.69, 9.17) is 0 Å². The van der Waals surface area contributed by atoms with Gasteiger partial charge in [0.25, 0.3) is 0 Å². The topological polar surface area (TPSA) is 0 Å². The number of hydrogen-bond acceptors (Lipinski definition) is 0. The molecule has 30 heavy (non-hydrogen) atoms. The van der Waals surface area contributed by atoms with Crippen LogP contribution >= 0.6 is 0 Å². The van der Waals surface area contributed by atoms with E-state index in [-0.39, 0.29) is 0 Å². The molecule has 0 spiro atoms. The van der Waals surface area contributed by atoms with E-state index in [0.717, 1.165) is 0 Å². The van der Waals surface area contributed by atoms with Gasteiger partial charge < -0.3 is 0 Å². The molecular formula is C28H22Se2. The minimum atomic E-state index is 0.432. The summed E-state index contributed by atoms with van der Waals surface area (Å²) in [4.78, 5) is 0. The van der Waals surface area contributed by atoms with Crippen LogP contribution in [0.4, 0.5) is 0 Å². The van der Waals surface area contributed by atoms with Crippen LogP contribution in [0, 0.1) is 0 Å². The number of hydrogen-bond donors (Lipinski definition) is 0. The Balaban J connectivity index is 1.49. The zero-order chi connectivity index (χ0) is 20.4. The van der Waals surface area contributed by atoms with Crippen LogP contribution < -0.4 is 8.92 Å². The molecule has 0 amide bonds. The average Bonchev–Trinajstić information content (AvgIpc) is 2.82. The quantitative estimate of drug-likeness (QED) is 0.231. The molecule has 2 heteroatoms. The van der Waals surface area contributed by atoms with Crippen LogP contribution in [0.1, 0.15) is 22.3 Å². The second kappa shape index (κ2) is 11.0. The van der Waals surface area contributed by atoms with Crippen molar-refractivity contribution in [2.45, 2.75) is 0 Å². The zero-order valence-corrected chi connectivity index (χ0v) is 19.9. The van der Waals surface area contributed by atoms with E-state index >= 15 is 0 Å². The second-order valence-electron chi connectivity index (χ2n) is 6.73. The van der Waals surface area contributed by atoms with Gasteiger partial charge in [0, 0.05) is 0 Å². The Labute approximate surface area is 190 Å². The van der Waals surface area contributed by atoms with Gasteiger partial charge in [-0.2, -0.15) is 0 Å².